The summed E-state index contributed by atoms with van der Waals surface area (Å²) in [4.78, 5) is 0. The molecular formula is C16H25NO3S. The molecule has 3 atom stereocenters. The molecule has 0 amide bonds. The summed E-state index contributed by atoms with van der Waals surface area (Å²) in [7, 11) is -1.67. The smallest absolute Gasteiger partial charge is 0.214 e. The number of nitrogens with zero attached hydrogens (tertiary/aromatic N) is 1. The molecular weight excluding hydrogens is 286 g/mol. The average molecular weight is 311 g/mol. The summed E-state index contributed by atoms with van der Waals surface area (Å²) in [6.45, 7) is 2.36. The van der Waals surface area contributed by atoms with Crippen LogP contribution in [0.15, 0.2) is 30.3 Å². The maximum absolute atomic E-state index is 12.5. The second-order valence-electron chi connectivity index (χ2n) is 6.13. The minimum atomic E-state index is -3.30. The van der Waals surface area contributed by atoms with Crippen LogP contribution in [0.2, 0.25) is 0 Å². The molecule has 0 bridgehead atoms. The lowest BCUT2D eigenvalue weighted by molar-refractivity contribution is 0.123. The van der Waals surface area contributed by atoms with E-state index in [-0.39, 0.29) is 23.7 Å². The van der Waals surface area contributed by atoms with Gasteiger partial charge in [-0.2, -0.15) is 0 Å². The molecule has 5 heteroatoms. The SMILES string of the molecule is CC(CS(=O)(=O)N(C)CC1CCCC1O)c1ccccc1. The zero-order chi connectivity index (χ0) is 15.5. The molecule has 3 unspecified atom stereocenters. The maximum atomic E-state index is 12.5. The molecule has 0 heterocycles. The summed E-state index contributed by atoms with van der Waals surface area (Å²) in [5.41, 5.74) is 1.04. The minimum absolute atomic E-state index is 0.0350. The van der Waals surface area contributed by atoms with Gasteiger partial charge in [-0.15, -0.1) is 0 Å². The van der Waals surface area contributed by atoms with Crippen LogP contribution in [-0.2, 0) is 10.0 Å². The Labute approximate surface area is 127 Å². The van der Waals surface area contributed by atoms with Crippen molar-refractivity contribution in [3.05, 3.63) is 35.9 Å². The molecule has 118 valence electrons. The van der Waals surface area contributed by atoms with Crippen molar-refractivity contribution in [1.29, 1.82) is 0 Å². The van der Waals surface area contributed by atoms with Crippen LogP contribution in [-0.4, -0.2) is 43.3 Å². The Morgan fingerprint density at radius 1 is 1.29 bits per heavy atom. The van der Waals surface area contributed by atoms with Crippen LogP contribution in [0.1, 0.15) is 37.7 Å². The average Bonchev–Trinajstić information content (AvgIpc) is 2.85. The van der Waals surface area contributed by atoms with Crippen LogP contribution in [0.3, 0.4) is 0 Å². The standard InChI is InChI=1S/C16H25NO3S/c1-13(14-7-4-3-5-8-14)12-21(19,20)17(2)11-15-9-6-10-16(15)18/h3-5,7-8,13,15-16,18H,6,9-12H2,1-2H3. The molecule has 1 aliphatic rings. The van der Waals surface area contributed by atoms with Gasteiger partial charge in [-0.1, -0.05) is 43.7 Å². The highest BCUT2D eigenvalue weighted by Gasteiger charge is 2.30. The van der Waals surface area contributed by atoms with Gasteiger partial charge in [0.1, 0.15) is 0 Å². The molecule has 0 radical (unpaired) electrons. The highest BCUT2D eigenvalue weighted by molar-refractivity contribution is 7.89. The largest absolute Gasteiger partial charge is 0.393 e. The van der Waals surface area contributed by atoms with Gasteiger partial charge >= 0.3 is 0 Å². The first-order valence-electron chi connectivity index (χ1n) is 7.57. The van der Waals surface area contributed by atoms with Crippen molar-refractivity contribution in [2.45, 2.75) is 38.2 Å². The summed E-state index contributed by atoms with van der Waals surface area (Å²) in [6, 6.07) is 9.70. The molecule has 0 saturated heterocycles. The molecule has 1 aromatic rings. The van der Waals surface area contributed by atoms with Gasteiger partial charge in [0.25, 0.3) is 0 Å². The van der Waals surface area contributed by atoms with E-state index in [2.05, 4.69) is 0 Å². The Morgan fingerprint density at radius 2 is 1.95 bits per heavy atom. The van der Waals surface area contributed by atoms with E-state index < -0.39 is 10.0 Å². The Bertz CT molecular complexity index is 544. The summed E-state index contributed by atoms with van der Waals surface area (Å²) >= 11 is 0. The first-order valence-corrected chi connectivity index (χ1v) is 9.18. The number of aliphatic hydroxyl groups excluding tert-OH is 1. The zero-order valence-electron chi connectivity index (χ0n) is 12.8. The van der Waals surface area contributed by atoms with E-state index in [1.54, 1.807) is 7.05 Å². The van der Waals surface area contributed by atoms with E-state index in [1.807, 2.05) is 37.3 Å². The van der Waals surface area contributed by atoms with Gasteiger partial charge < -0.3 is 5.11 Å². The van der Waals surface area contributed by atoms with Gasteiger partial charge in [-0.05, 0) is 30.2 Å². The molecule has 1 N–H and O–H groups in total. The lowest BCUT2D eigenvalue weighted by Gasteiger charge is -2.24. The fourth-order valence-corrected chi connectivity index (χ4v) is 4.49. The van der Waals surface area contributed by atoms with Crippen molar-refractivity contribution in [1.82, 2.24) is 4.31 Å². The topological polar surface area (TPSA) is 57.6 Å². The molecule has 2 rings (SSSR count). The molecule has 0 spiro atoms. The number of hydrogen-bond donors (Lipinski definition) is 1. The fourth-order valence-electron chi connectivity index (χ4n) is 3.00. The highest BCUT2D eigenvalue weighted by atomic mass is 32.2. The summed E-state index contributed by atoms with van der Waals surface area (Å²) in [5.74, 6) is 0.153. The third-order valence-corrected chi connectivity index (χ3v) is 6.43. The molecule has 4 nitrogen and oxygen atoms in total. The number of sulfonamides is 1. The monoisotopic (exact) mass is 311 g/mol. The van der Waals surface area contributed by atoms with Gasteiger partial charge in [0.15, 0.2) is 0 Å². The predicted molar refractivity (Wildman–Crippen MR) is 84.6 cm³/mol. The second kappa shape index (κ2) is 6.90. The van der Waals surface area contributed by atoms with Crippen molar-refractivity contribution >= 4 is 10.0 Å². The van der Waals surface area contributed by atoms with Gasteiger partial charge in [0.05, 0.1) is 11.9 Å². The molecule has 21 heavy (non-hydrogen) atoms. The van der Waals surface area contributed by atoms with E-state index in [1.165, 1.54) is 4.31 Å². The summed E-state index contributed by atoms with van der Waals surface area (Å²) in [6.07, 6.45) is 2.34. The first kappa shape index (κ1) is 16.5. The highest BCUT2D eigenvalue weighted by Crippen LogP contribution is 2.27. The van der Waals surface area contributed by atoms with E-state index >= 15 is 0 Å². The Hall–Kier alpha value is -0.910. The zero-order valence-corrected chi connectivity index (χ0v) is 13.6. The van der Waals surface area contributed by atoms with Crippen molar-refractivity contribution in [2.75, 3.05) is 19.3 Å². The molecule has 0 aliphatic heterocycles. The Balaban J connectivity index is 1.97. The third-order valence-electron chi connectivity index (χ3n) is 4.41. The van der Waals surface area contributed by atoms with Crippen LogP contribution < -0.4 is 0 Å². The van der Waals surface area contributed by atoms with Crippen molar-refractivity contribution in [3.63, 3.8) is 0 Å². The van der Waals surface area contributed by atoms with E-state index in [4.69, 9.17) is 0 Å². The lowest BCUT2D eigenvalue weighted by Crippen LogP contribution is -2.36. The van der Waals surface area contributed by atoms with Gasteiger partial charge in [0.2, 0.25) is 10.0 Å². The summed E-state index contributed by atoms with van der Waals surface area (Å²) < 4.78 is 26.3. The van der Waals surface area contributed by atoms with E-state index in [0.29, 0.717) is 6.54 Å². The number of hydrogen-bond acceptors (Lipinski definition) is 3. The fraction of sp³-hybridized carbons (Fsp3) is 0.625. The van der Waals surface area contributed by atoms with Gasteiger partial charge in [0, 0.05) is 13.6 Å². The van der Waals surface area contributed by atoms with Crippen molar-refractivity contribution in [2.24, 2.45) is 5.92 Å². The number of rotatable bonds is 6. The molecule has 1 aromatic carbocycles. The Kier molecular flexibility index (Phi) is 5.41. The molecule has 1 saturated carbocycles. The maximum Gasteiger partial charge on any atom is 0.214 e. The van der Waals surface area contributed by atoms with Crippen LogP contribution in [0.5, 0.6) is 0 Å². The van der Waals surface area contributed by atoms with E-state index in [0.717, 1.165) is 24.8 Å². The second-order valence-corrected chi connectivity index (χ2v) is 8.25. The number of aliphatic hydroxyl groups is 1. The minimum Gasteiger partial charge on any atom is -0.393 e. The molecule has 1 aliphatic carbocycles. The van der Waals surface area contributed by atoms with Crippen LogP contribution in [0, 0.1) is 5.92 Å². The van der Waals surface area contributed by atoms with Crippen LogP contribution in [0.4, 0.5) is 0 Å². The number of benzene rings is 1. The van der Waals surface area contributed by atoms with E-state index in [9.17, 15) is 13.5 Å². The van der Waals surface area contributed by atoms with Crippen molar-refractivity contribution < 1.29 is 13.5 Å². The van der Waals surface area contributed by atoms with Crippen molar-refractivity contribution in [3.8, 4) is 0 Å². The molecule has 0 aromatic heterocycles. The Morgan fingerprint density at radius 3 is 2.52 bits per heavy atom. The van der Waals surface area contributed by atoms with Crippen LogP contribution in [0.25, 0.3) is 0 Å². The quantitative estimate of drug-likeness (QED) is 0.876. The first-order chi connectivity index (χ1) is 9.90. The van der Waals surface area contributed by atoms with Gasteiger partial charge in [-0.25, -0.2) is 12.7 Å². The summed E-state index contributed by atoms with van der Waals surface area (Å²) in [5, 5.41) is 9.84. The molecule has 1 fully saturated rings. The predicted octanol–water partition coefficient (Wildman–Crippen LogP) is 2.21. The van der Waals surface area contributed by atoms with Gasteiger partial charge in [-0.3, -0.25) is 0 Å². The lowest BCUT2D eigenvalue weighted by atomic mass is 10.0. The third kappa shape index (κ3) is 4.28. The van der Waals surface area contributed by atoms with Crippen LogP contribution >= 0.6 is 0 Å². The normalized spacial score (nSPS) is 24.4.